The van der Waals surface area contributed by atoms with E-state index in [-0.39, 0.29) is 10.9 Å². The van der Waals surface area contributed by atoms with Gasteiger partial charge in [0.15, 0.2) is 0 Å². The lowest BCUT2D eigenvalue weighted by molar-refractivity contribution is 0.280. The van der Waals surface area contributed by atoms with Crippen molar-refractivity contribution in [1.29, 1.82) is 0 Å². The van der Waals surface area contributed by atoms with Crippen molar-refractivity contribution in [2.75, 3.05) is 0 Å². The second-order valence-corrected chi connectivity index (χ2v) is 8.35. The second kappa shape index (κ2) is 5.32. The van der Waals surface area contributed by atoms with Gasteiger partial charge in [0.1, 0.15) is 0 Å². The van der Waals surface area contributed by atoms with Crippen LogP contribution in [0.25, 0.3) is 0 Å². The van der Waals surface area contributed by atoms with Crippen molar-refractivity contribution in [3.05, 3.63) is 29.3 Å². The molecule has 20 heavy (non-hydrogen) atoms. The fourth-order valence-electron chi connectivity index (χ4n) is 3.92. The summed E-state index contributed by atoms with van der Waals surface area (Å²) in [5.74, 6) is 2.03. The molecule has 2 bridgehead atoms. The van der Waals surface area contributed by atoms with Crippen LogP contribution < -0.4 is 4.72 Å². The molecule has 0 radical (unpaired) electrons. The molecule has 1 aromatic carbocycles. The summed E-state index contributed by atoms with van der Waals surface area (Å²) in [4.78, 5) is 0.289. The molecule has 2 aliphatic carbocycles. The Bertz CT molecular complexity index is 584. The highest BCUT2D eigenvalue weighted by molar-refractivity contribution is 7.89. The lowest BCUT2D eigenvalue weighted by Gasteiger charge is -2.28. The zero-order valence-electron chi connectivity index (χ0n) is 11.5. The summed E-state index contributed by atoms with van der Waals surface area (Å²) in [6.45, 7) is 2.00. The Balaban J connectivity index is 1.71. The van der Waals surface area contributed by atoms with Crippen molar-refractivity contribution in [2.24, 2.45) is 17.8 Å². The lowest BCUT2D eigenvalue weighted by atomic mass is 9.84. The number of sulfonamides is 1. The number of rotatable bonds is 4. The SMILES string of the molecule is C[C@H](NS(=O)(=O)c1ccc(Cl)cc1)[C@@H]1C[C@H]2CC[C@H]1C2. The maximum absolute atomic E-state index is 12.4. The van der Waals surface area contributed by atoms with Gasteiger partial charge in [0.25, 0.3) is 0 Å². The van der Waals surface area contributed by atoms with Crippen molar-refractivity contribution in [3.63, 3.8) is 0 Å². The first-order valence-electron chi connectivity index (χ1n) is 7.23. The van der Waals surface area contributed by atoms with Gasteiger partial charge in [-0.3, -0.25) is 0 Å². The fourth-order valence-corrected chi connectivity index (χ4v) is 5.34. The van der Waals surface area contributed by atoms with E-state index in [0.717, 1.165) is 5.92 Å². The third-order valence-electron chi connectivity index (χ3n) is 4.90. The van der Waals surface area contributed by atoms with Crippen LogP contribution in [0.5, 0.6) is 0 Å². The number of fused-ring (bicyclic) bond motifs is 2. The standard InChI is InChI=1S/C15H20ClNO2S/c1-10(15-9-11-2-3-12(15)8-11)17-20(18,19)14-6-4-13(16)5-7-14/h4-7,10-12,15,17H,2-3,8-9H2,1H3/t10-,11-,12-,15-/m0/s1. The van der Waals surface area contributed by atoms with Crippen LogP contribution in [-0.2, 0) is 10.0 Å². The van der Waals surface area contributed by atoms with E-state index in [1.165, 1.54) is 25.7 Å². The van der Waals surface area contributed by atoms with E-state index < -0.39 is 10.0 Å². The normalized spacial score (nSPS) is 30.6. The first-order valence-corrected chi connectivity index (χ1v) is 9.10. The molecule has 0 heterocycles. The zero-order valence-corrected chi connectivity index (χ0v) is 13.1. The van der Waals surface area contributed by atoms with Crippen molar-refractivity contribution in [2.45, 2.75) is 43.5 Å². The largest absolute Gasteiger partial charge is 0.240 e. The van der Waals surface area contributed by atoms with Gasteiger partial charge in [0.05, 0.1) is 4.90 Å². The van der Waals surface area contributed by atoms with Gasteiger partial charge in [-0.1, -0.05) is 18.0 Å². The van der Waals surface area contributed by atoms with Crippen LogP contribution in [-0.4, -0.2) is 14.5 Å². The molecule has 2 aliphatic rings. The predicted molar refractivity (Wildman–Crippen MR) is 80.2 cm³/mol. The van der Waals surface area contributed by atoms with Gasteiger partial charge in [0.2, 0.25) is 10.0 Å². The summed E-state index contributed by atoms with van der Waals surface area (Å²) in [6, 6.07) is 6.33. The Morgan fingerprint density at radius 1 is 1.20 bits per heavy atom. The van der Waals surface area contributed by atoms with Crippen LogP contribution in [0.2, 0.25) is 5.02 Å². The maximum Gasteiger partial charge on any atom is 0.240 e. The van der Waals surface area contributed by atoms with Gasteiger partial charge >= 0.3 is 0 Å². The summed E-state index contributed by atoms with van der Waals surface area (Å²) in [7, 11) is -3.44. The van der Waals surface area contributed by atoms with E-state index in [1.807, 2.05) is 6.92 Å². The molecule has 1 aromatic rings. The fraction of sp³-hybridized carbons (Fsp3) is 0.600. The van der Waals surface area contributed by atoms with Crippen molar-refractivity contribution in [3.8, 4) is 0 Å². The van der Waals surface area contributed by atoms with Crippen LogP contribution in [0.15, 0.2) is 29.2 Å². The molecule has 110 valence electrons. The average molecular weight is 314 g/mol. The number of hydrogen-bond donors (Lipinski definition) is 1. The first-order chi connectivity index (χ1) is 9.45. The molecule has 0 saturated heterocycles. The highest BCUT2D eigenvalue weighted by Gasteiger charge is 2.42. The quantitative estimate of drug-likeness (QED) is 0.925. The van der Waals surface area contributed by atoms with Crippen molar-refractivity contribution < 1.29 is 8.42 Å². The van der Waals surface area contributed by atoms with Crippen molar-refractivity contribution >= 4 is 21.6 Å². The molecule has 3 rings (SSSR count). The highest BCUT2D eigenvalue weighted by Crippen LogP contribution is 2.49. The van der Waals surface area contributed by atoms with Gasteiger partial charge < -0.3 is 0 Å². The first kappa shape index (κ1) is 14.4. The van der Waals surface area contributed by atoms with Gasteiger partial charge in [-0.25, -0.2) is 13.1 Å². The molecule has 4 atom stereocenters. The molecule has 0 aliphatic heterocycles. The molecular formula is C15H20ClNO2S. The summed E-state index contributed by atoms with van der Waals surface area (Å²) in [5.41, 5.74) is 0. The summed E-state index contributed by atoms with van der Waals surface area (Å²) >= 11 is 5.80. The number of halogens is 1. The smallest absolute Gasteiger partial charge is 0.208 e. The maximum atomic E-state index is 12.4. The molecule has 5 heteroatoms. The van der Waals surface area contributed by atoms with E-state index >= 15 is 0 Å². The van der Waals surface area contributed by atoms with E-state index in [0.29, 0.717) is 16.9 Å². The van der Waals surface area contributed by atoms with Crippen LogP contribution in [0, 0.1) is 17.8 Å². The third kappa shape index (κ3) is 2.74. The summed E-state index contributed by atoms with van der Waals surface area (Å²) < 4.78 is 27.6. The van der Waals surface area contributed by atoms with E-state index in [4.69, 9.17) is 11.6 Å². The minimum absolute atomic E-state index is 0.00554. The molecule has 2 saturated carbocycles. The molecule has 3 nitrogen and oxygen atoms in total. The molecule has 2 fully saturated rings. The number of nitrogens with one attached hydrogen (secondary N) is 1. The Morgan fingerprint density at radius 2 is 1.90 bits per heavy atom. The molecule has 0 amide bonds. The molecule has 0 unspecified atom stereocenters. The van der Waals surface area contributed by atoms with E-state index in [1.54, 1.807) is 24.3 Å². The minimum atomic E-state index is -3.44. The van der Waals surface area contributed by atoms with Crippen LogP contribution in [0.3, 0.4) is 0 Å². The Kier molecular flexibility index (Phi) is 3.82. The van der Waals surface area contributed by atoms with Crippen molar-refractivity contribution in [1.82, 2.24) is 4.72 Å². The Hall–Kier alpha value is -0.580. The Morgan fingerprint density at radius 3 is 2.45 bits per heavy atom. The highest BCUT2D eigenvalue weighted by atomic mass is 35.5. The zero-order chi connectivity index (χ0) is 14.3. The van der Waals surface area contributed by atoms with Gasteiger partial charge in [-0.2, -0.15) is 0 Å². The Labute approximate surface area is 125 Å². The third-order valence-corrected chi connectivity index (χ3v) is 6.73. The van der Waals surface area contributed by atoms with Gasteiger partial charge in [-0.05, 0) is 68.2 Å². The monoisotopic (exact) mass is 313 g/mol. The molecule has 0 spiro atoms. The van der Waals surface area contributed by atoms with Gasteiger partial charge in [0, 0.05) is 11.1 Å². The summed E-state index contributed by atoms with van der Waals surface area (Å²) in [6.07, 6.45) is 5.06. The van der Waals surface area contributed by atoms with Crippen LogP contribution in [0.4, 0.5) is 0 Å². The summed E-state index contributed by atoms with van der Waals surface area (Å²) in [5, 5.41) is 0.546. The topological polar surface area (TPSA) is 46.2 Å². The second-order valence-electron chi connectivity index (χ2n) is 6.20. The number of hydrogen-bond acceptors (Lipinski definition) is 2. The van der Waals surface area contributed by atoms with Gasteiger partial charge in [-0.15, -0.1) is 0 Å². The van der Waals surface area contributed by atoms with Crippen LogP contribution in [0.1, 0.15) is 32.6 Å². The van der Waals surface area contributed by atoms with E-state index in [2.05, 4.69) is 4.72 Å². The molecule has 0 aromatic heterocycles. The minimum Gasteiger partial charge on any atom is -0.208 e. The number of benzene rings is 1. The van der Waals surface area contributed by atoms with E-state index in [9.17, 15) is 8.42 Å². The average Bonchev–Trinajstić information content (AvgIpc) is 3.01. The van der Waals surface area contributed by atoms with Crippen LogP contribution >= 0.6 is 11.6 Å². The molecule has 1 N–H and O–H groups in total. The predicted octanol–water partition coefficient (Wildman–Crippen LogP) is 3.44. The molecular weight excluding hydrogens is 294 g/mol. The lowest BCUT2D eigenvalue weighted by Crippen LogP contribution is -2.40.